The minimum Gasteiger partial charge on any atom is -0.456 e. The number of aromatic amines is 1. The molecule has 1 amide bonds. The fraction of sp³-hybridized carbons (Fsp3) is 0.286. The van der Waals surface area contributed by atoms with E-state index in [4.69, 9.17) is 25.8 Å². The minimum atomic E-state index is -0.452. The smallest absolute Gasteiger partial charge is 0.295 e. The van der Waals surface area contributed by atoms with Gasteiger partial charge >= 0.3 is 0 Å². The molecule has 7 nitrogen and oxygen atoms in total. The number of aromatic nitrogens is 2. The second kappa shape index (κ2) is 8.92. The first-order valence-corrected chi connectivity index (χ1v) is 12.4. The lowest BCUT2D eigenvalue weighted by atomic mass is 9.96. The number of amides is 1. The van der Waals surface area contributed by atoms with E-state index in [0.29, 0.717) is 29.8 Å². The largest absolute Gasteiger partial charge is 0.456 e. The number of nitrogens with zero attached hydrogens (tertiary/aromatic N) is 1. The molecule has 3 aromatic carbocycles. The molecule has 0 bridgehead atoms. The van der Waals surface area contributed by atoms with Crippen molar-refractivity contribution in [2.45, 2.75) is 31.2 Å². The van der Waals surface area contributed by atoms with Crippen molar-refractivity contribution >= 4 is 28.5 Å². The highest BCUT2D eigenvalue weighted by Gasteiger charge is 2.54. The Kier molecular flexibility index (Phi) is 5.71. The molecule has 1 aromatic heterocycles. The van der Waals surface area contributed by atoms with Gasteiger partial charge in [-0.25, -0.2) is 0 Å². The molecule has 3 heterocycles. The van der Waals surface area contributed by atoms with E-state index < -0.39 is 5.60 Å². The number of ether oxygens (including phenoxy) is 3. The molecule has 2 aliphatic heterocycles. The monoisotopic (exact) mass is 503 g/mol. The van der Waals surface area contributed by atoms with Crippen molar-refractivity contribution in [1.82, 2.24) is 15.3 Å². The highest BCUT2D eigenvalue weighted by Crippen LogP contribution is 2.39. The van der Waals surface area contributed by atoms with Crippen LogP contribution in [0.3, 0.4) is 0 Å². The van der Waals surface area contributed by atoms with Crippen LogP contribution < -0.4 is 10.1 Å². The van der Waals surface area contributed by atoms with E-state index in [1.807, 2.05) is 67.6 Å². The first-order valence-electron chi connectivity index (χ1n) is 12.0. The maximum absolute atomic E-state index is 11.8. The van der Waals surface area contributed by atoms with E-state index in [1.165, 1.54) is 0 Å². The van der Waals surface area contributed by atoms with Crippen molar-refractivity contribution in [2.75, 3.05) is 20.3 Å². The number of carbonyl (C=O) groups is 1. The van der Waals surface area contributed by atoms with Crippen molar-refractivity contribution in [3.63, 3.8) is 0 Å². The lowest BCUT2D eigenvalue weighted by Gasteiger charge is -2.27. The first kappa shape index (κ1) is 23.0. The van der Waals surface area contributed by atoms with Crippen molar-refractivity contribution in [2.24, 2.45) is 0 Å². The third-order valence-electron chi connectivity index (χ3n) is 7.23. The van der Waals surface area contributed by atoms with Crippen molar-refractivity contribution in [3.05, 3.63) is 71.2 Å². The number of halogens is 1. The molecule has 36 heavy (non-hydrogen) atoms. The normalized spacial score (nSPS) is 23.1. The number of H-pyrrole nitrogens is 1. The number of hydrogen-bond donors (Lipinski definition) is 2. The molecule has 2 aliphatic rings. The van der Waals surface area contributed by atoms with Gasteiger partial charge in [0.05, 0.1) is 35.4 Å². The van der Waals surface area contributed by atoms with Crippen LogP contribution in [0.25, 0.3) is 33.3 Å². The lowest BCUT2D eigenvalue weighted by Crippen LogP contribution is -2.45. The number of rotatable bonds is 5. The number of carbonyl (C=O) groups excluding carboxylic acids is 1. The molecule has 3 unspecified atom stereocenters. The maximum Gasteiger partial charge on any atom is 0.295 e. The highest BCUT2D eigenvalue weighted by molar-refractivity contribution is 6.34. The van der Waals surface area contributed by atoms with E-state index >= 15 is 0 Å². The van der Waals surface area contributed by atoms with Crippen LogP contribution in [0.4, 0.5) is 0 Å². The summed E-state index contributed by atoms with van der Waals surface area (Å²) in [5, 5.41) is 3.26. The van der Waals surface area contributed by atoms with Crippen LogP contribution in [-0.2, 0) is 9.47 Å². The highest BCUT2D eigenvalue weighted by atomic mass is 35.5. The van der Waals surface area contributed by atoms with Crippen LogP contribution >= 0.6 is 11.6 Å². The third-order valence-corrected chi connectivity index (χ3v) is 7.54. The molecule has 2 saturated heterocycles. The van der Waals surface area contributed by atoms with Gasteiger partial charge in [0.15, 0.2) is 6.10 Å². The summed E-state index contributed by atoms with van der Waals surface area (Å²) in [4.78, 5) is 19.7. The Bertz CT molecular complexity index is 1430. The topological polar surface area (TPSA) is 85.5 Å². The van der Waals surface area contributed by atoms with Gasteiger partial charge in [-0.1, -0.05) is 48.0 Å². The number of benzene rings is 3. The summed E-state index contributed by atoms with van der Waals surface area (Å²) in [5.41, 5.74) is 5.71. The summed E-state index contributed by atoms with van der Waals surface area (Å²) < 4.78 is 18.0. The zero-order chi connectivity index (χ0) is 24.9. The molecule has 4 aromatic rings. The van der Waals surface area contributed by atoms with Gasteiger partial charge in [0, 0.05) is 18.2 Å². The van der Waals surface area contributed by atoms with Crippen molar-refractivity contribution in [3.8, 4) is 28.3 Å². The average Bonchev–Trinajstić information content (AvgIpc) is 3.56. The van der Waals surface area contributed by atoms with Crippen LogP contribution in [0.1, 0.15) is 23.7 Å². The van der Waals surface area contributed by atoms with Gasteiger partial charge < -0.3 is 24.5 Å². The Morgan fingerprint density at radius 3 is 2.53 bits per heavy atom. The fourth-order valence-electron chi connectivity index (χ4n) is 5.05. The van der Waals surface area contributed by atoms with E-state index in [2.05, 4.69) is 15.3 Å². The number of fused-ring (bicyclic) bond motifs is 2. The van der Waals surface area contributed by atoms with Gasteiger partial charge in [0.2, 0.25) is 0 Å². The number of imidazole rings is 1. The zero-order valence-corrected chi connectivity index (χ0v) is 20.8. The molecule has 2 N–H and O–H groups in total. The SMILES string of the molecule is CNC(=O)c1ccc(-c2ccc(-c3cc4nc(OC5COC6CCOC65C)[nH]c4cc3Cl)cc2)cc1. The van der Waals surface area contributed by atoms with Gasteiger partial charge in [0.25, 0.3) is 11.9 Å². The summed E-state index contributed by atoms with van der Waals surface area (Å²) in [7, 11) is 1.62. The summed E-state index contributed by atoms with van der Waals surface area (Å²) in [6.45, 7) is 3.20. The average molecular weight is 504 g/mol. The van der Waals surface area contributed by atoms with Crippen molar-refractivity contribution in [1.29, 1.82) is 0 Å². The van der Waals surface area contributed by atoms with Gasteiger partial charge in [-0.3, -0.25) is 4.79 Å². The Morgan fingerprint density at radius 1 is 1.11 bits per heavy atom. The molecule has 184 valence electrons. The standard InChI is InChI=1S/C28H26ClN3O4/c1-28-24(11-12-35-28)34-15-25(28)36-27-31-22-13-20(21(29)14-23(22)32-27)18-7-3-16(4-8-18)17-5-9-19(10-6-17)26(33)30-2/h3-10,13-14,24-25H,11-12,15H2,1-2H3,(H,30,33)(H,31,32). The maximum atomic E-state index is 11.8. The molecule has 8 heteroatoms. The molecule has 3 atom stereocenters. The molecular formula is C28H26ClN3O4. The summed E-state index contributed by atoms with van der Waals surface area (Å²) in [6, 6.07) is 20.0. The Labute approximate surface area is 213 Å². The number of nitrogens with one attached hydrogen (secondary N) is 2. The fourth-order valence-corrected chi connectivity index (χ4v) is 5.33. The minimum absolute atomic E-state index is 0.0599. The van der Waals surface area contributed by atoms with Gasteiger partial charge in [-0.2, -0.15) is 4.98 Å². The van der Waals surface area contributed by atoms with E-state index in [9.17, 15) is 4.79 Å². The van der Waals surface area contributed by atoms with Crippen LogP contribution in [0.5, 0.6) is 6.01 Å². The van der Waals surface area contributed by atoms with Crippen LogP contribution in [0.2, 0.25) is 5.02 Å². The summed E-state index contributed by atoms with van der Waals surface area (Å²) >= 11 is 6.66. The molecule has 0 spiro atoms. The summed E-state index contributed by atoms with van der Waals surface area (Å²) in [5.74, 6) is -0.101. The van der Waals surface area contributed by atoms with Crippen molar-refractivity contribution < 1.29 is 19.0 Å². The van der Waals surface area contributed by atoms with E-state index in [0.717, 1.165) is 39.7 Å². The Hall–Kier alpha value is -3.39. The van der Waals surface area contributed by atoms with Gasteiger partial charge in [-0.05, 0) is 54.3 Å². The van der Waals surface area contributed by atoms with E-state index in [1.54, 1.807) is 7.05 Å². The van der Waals surface area contributed by atoms with E-state index in [-0.39, 0.29) is 18.1 Å². The molecule has 2 fully saturated rings. The molecule has 0 saturated carbocycles. The molecule has 0 radical (unpaired) electrons. The zero-order valence-electron chi connectivity index (χ0n) is 20.0. The molecule has 6 rings (SSSR count). The summed E-state index contributed by atoms with van der Waals surface area (Å²) in [6.07, 6.45) is 0.721. The first-order chi connectivity index (χ1) is 17.4. The Balaban J connectivity index is 1.24. The van der Waals surface area contributed by atoms with Crippen LogP contribution in [0, 0.1) is 0 Å². The van der Waals surface area contributed by atoms with Gasteiger partial charge in [0.1, 0.15) is 5.60 Å². The predicted molar refractivity (Wildman–Crippen MR) is 138 cm³/mol. The second-order valence-electron chi connectivity index (χ2n) is 9.37. The molecule has 0 aliphatic carbocycles. The number of hydrogen-bond acceptors (Lipinski definition) is 5. The van der Waals surface area contributed by atoms with Crippen LogP contribution in [-0.4, -0.2) is 53.9 Å². The predicted octanol–water partition coefficient (Wildman–Crippen LogP) is 5.24. The molecular weight excluding hydrogens is 478 g/mol. The third kappa shape index (κ3) is 3.93. The second-order valence-corrected chi connectivity index (χ2v) is 9.78. The van der Waals surface area contributed by atoms with Gasteiger partial charge in [-0.15, -0.1) is 0 Å². The van der Waals surface area contributed by atoms with Crippen LogP contribution in [0.15, 0.2) is 60.7 Å². The lowest BCUT2D eigenvalue weighted by molar-refractivity contribution is -0.0551. The quantitative estimate of drug-likeness (QED) is 0.389. The Morgan fingerprint density at radius 2 is 1.81 bits per heavy atom.